The number of benzene rings is 2. The SMILES string of the molecule is O=C(O)Cc1ccc(N[C@@H]2CC(=O)N(c3ccccc3F)C2=O)cc1. The minimum absolute atomic E-state index is 0.0568. The molecule has 2 aromatic rings. The Labute approximate surface area is 142 Å². The normalized spacial score (nSPS) is 17.0. The number of nitrogens with one attached hydrogen (secondary N) is 1. The number of carbonyl (C=O) groups excluding carboxylic acids is 2. The van der Waals surface area contributed by atoms with Gasteiger partial charge in [-0.15, -0.1) is 0 Å². The van der Waals surface area contributed by atoms with Crippen molar-refractivity contribution in [2.75, 3.05) is 10.2 Å². The van der Waals surface area contributed by atoms with E-state index in [9.17, 15) is 18.8 Å². The highest BCUT2D eigenvalue weighted by Gasteiger charge is 2.40. The molecule has 2 aromatic carbocycles. The van der Waals surface area contributed by atoms with E-state index in [1.165, 1.54) is 18.2 Å². The first-order valence-corrected chi connectivity index (χ1v) is 7.64. The van der Waals surface area contributed by atoms with E-state index in [1.54, 1.807) is 30.3 Å². The van der Waals surface area contributed by atoms with Gasteiger partial charge in [-0.05, 0) is 29.8 Å². The van der Waals surface area contributed by atoms with E-state index in [-0.39, 0.29) is 18.5 Å². The van der Waals surface area contributed by atoms with Gasteiger partial charge in [0.2, 0.25) is 5.91 Å². The number of carboxylic acid groups (broad SMARTS) is 1. The van der Waals surface area contributed by atoms with Crippen molar-refractivity contribution in [2.45, 2.75) is 18.9 Å². The molecule has 1 fully saturated rings. The molecule has 0 aromatic heterocycles. The maximum absolute atomic E-state index is 13.9. The summed E-state index contributed by atoms with van der Waals surface area (Å²) in [6, 6.07) is 11.4. The van der Waals surface area contributed by atoms with E-state index in [1.807, 2.05) is 0 Å². The van der Waals surface area contributed by atoms with Gasteiger partial charge in [-0.25, -0.2) is 9.29 Å². The van der Waals surface area contributed by atoms with Crippen molar-refractivity contribution >= 4 is 29.2 Å². The lowest BCUT2D eigenvalue weighted by Gasteiger charge is -2.16. The summed E-state index contributed by atoms with van der Waals surface area (Å²) >= 11 is 0. The molecule has 1 saturated heterocycles. The number of aliphatic carboxylic acids is 1. The van der Waals surface area contributed by atoms with Gasteiger partial charge in [0.15, 0.2) is 0 Å². The van der Waals surface area contributed by atoms with Gasteiger partial charge in [-0.3, -0.25) is 14.4 Å². The number of para-hydroxylation sites is 1. The van der Waals surface area contributed by atoms with Gasteiger partial charge in [-0.2, -0.15) is 0 Å². The molecule has 3 rings (SSSR count). The van der Waals surface area contributed by atoms with E-state index in [4.69, 9.17) is 5.11 Å². The van der Waals surface area contributed by atoms with Crippen LogP contribution in [-0.2, 0) is 20.8 Å². The largest absolute Gasteiger partial charge is 0.481 e. The third-order valence-corrected chi connectivity index (χ3v) is 3.89. The Hall–Kier alpha value is -3.22. The molecular weight excluding hydrogens is 327 g/mol. The lowest BCUT2D eigenvalue weighted by atomic mass is 10.1. The molecule has 0 unspecified atom stereocenters. The molecule has 7 heteroatoms. The highest BCUT2D eigenvalue weighted by molar-refractivity contribution is 6.23. The predicted molar refractivity (Wildman–Crippen MR) is 88.7 cm³/mol. The van der Waals surface area contributed by atoms with Crippen molar-refractivity contribution in [3.8, 4) is 0 Å². The number of imide groups is 1. The van der Waals surface area contributed by atoms with Crippen LogP contribution in [-0.4, -0.2) is 28.9 Å². The standard InChI is InChI=1S/C18H15FN2O4/c19-13-3-1-2-4-15(13)21-16(22)10-14(18(21)25)20-12-7-5-11(6-8-12)9-17(23)24/h1-8,14,20H,9-10H2,(H,23,24)/t14-/m1/s1. The molecule has 0 aliphatic carbocycles. The minimum Gasteiger partial charge on any atom is -0.481 e. The molecule has 1 atom stereocenters. The number of nitrogens with zero attached hydrogens (tertiary/aromatic N) is 1. The number of halogens is 1. The van der Waals surface area contributed by atoms with Crippen LogP contribution in [0.2, 0.25) is 0 Å². The quantitative estimate of drug-likeness (QED) is 0.814. The molecule has 0 spiro atoms. The van der Waals surface area contributed by atoms with Crippen LogP contribution in [0.3, 0.4) is 0 Å². The van der Waals surface area contributed by atoms with Gasteiger partial charge in [0.1, 0.15) is 11.9 Å². The summed E-state index contributed by atoms with van der Waals surface area (Å²) < 4.78 is 13.9. The predicted octanol–water partition coefficient (Wildman–Crippen LogP) is 2.20. The molecular formula is C18H15FN2O4. The summed E-state index contributed by atoms with van der Waals surface area (Å²) in [5.41, 5.74) is 1.15. The molecule has 0 bridgehead atoms. The van der Waals surface area contributed by atoms with Crippen molar-refractivity contribution in [3.63, 3.8) is 0 Å². The molecule has 0 radical (unpaired) electrons. The molecule has 25 heavy (non-hydrogen) atoms. The van der Waals surface area contributed by atoms with Gasteiger partial charge in [0, 0.05) is 5.69 Å². The van der Waals surface area contributed by atoms with E-state index < -0.39 is 29.6 Å². The summed E-state index contributed by atoms with van der Waals surface area (Å²) in [5, 5.41) is 11.7. The Morgan fingerprint density at radius 1 is 1.16 bits per heavy atom. The smallest absolute Gasteiger partial charge is 0.307 e. The minimum atomic E-state index is -0.933. The second-order valence-corrected chi connectivity index (χ2v) is 5.69. The second kappa shape index (κ2) is 6.72. The summed E-state index contributed by atoms with van der Waals surface area (Å²) in [7, 11) is 0. The van der Waals surface area contributed by atoms with Gasteiger partial charge in [0.05, 0.1) is 18.5 Å². The number of amides is 2. The van der Waals surface area contributed by atoms with Crippen molar-refractivity contribution in [1.82, 2.24) is 0 Å². The van der Waals surface area contributed by atoms with E-state index >= 15 is 0 Å². The van der Waals surface area contributed by atoms with Gasteiger partial charge >= 0.3 is 5.97 Å². The van der Waals surface area contributed by atoms with Crippen LogP contribution in [0.4, 0.5) is 15.8 Å². The number of rotatable bonds is 5. The molecule has 0 saturated carbocycles. The van der Waals surface area contributed by atoms with Gasteiger partial charge in [0.25, 0.3) is 5.91 Å². The van der Waals surface area contributed by atoms with Crippen LogP contribution < -0.4 is 10.2 Å². The van der Waals surface area contributed by atoms with E-state index in [2.05, 4.69) is 5.32 Å². The number of hydrogen-bond donors (Lipinski definition) is 2. The third-order valence-electron chi connectivity index (χ3n) is 3.89. The molecule has 1 aliphatic rings. The molecule has 128 valence electrons. The molecule has 1 heterocycles. The number of anilines is 2. The molecule has 2 amide bonds. The van der Waals surface area contributed by atoms with Crippen LogP contribution in [0, 0.1) is 5.82 Å². The first-order valence-electron chi connectivity index (χ1n) is 7.64. The zero-order valence-electron chi connectivity index (χ0n) is 13.1. The highest BCUT2D eigenvalue weighted by atomic mass is 19.1. The summed E-state index contributed by atoms with van der Waals surface area (Å²) in [4.78, 5) is 36.2. The zero-order chi connectivity index (χ0) is 18.0. The lowest BCUT2D eigenvalue weighted by Crippen LogP contribution is -2.35. The van der Waals surface area contributed by atoms with Crippen LogP contribution in [0.5, 0.6) is 0 Å². The first-order chi connectivity index (χ1) is 12.0. The maximum atomic E-state index is 13.9. The average Bonchev–Trinajstić information content (AvgIpc) is 2.83. The van der Waals surface area contributed by atoms with Crippen LogP contribution in [0.25, 0.3) is 0 Å². The van der Waals surface area contributed by atoms with Crippen molar-refractivity contribution in [1.29, 1.82) is 0 Å². The average molecular weight is 342 g/mol. The van der Waals surface area contributed by atoms with Crippen molar-refractivity contribution in [2.24, 2.45) is 0 Å². The summed E-state index contributed by atoms with van der Waals surface area (Å²) in [5.74, 6) is -2.57. The van der Waals surface area contributed by atoms with Crippen LogP contribution >= 0.6 is 0 Å². The van der Waals surface area contributed by atoms with Crippen LogP contribution in [0.1, 0.15) is 12.0 Å². The fourth-order valence-electron chi connectivity index (χ4n) is 2.73. The van der Waals surface area contributed by atoms with Gasteiger partial charge in [-0.1, -0.05) is 24.3 Å². The highest BCUT2D eigenvalue weighted by Crippen LogP contribution is 2.27. The Bertz CT molecular complexity index is 835. The first kappa shape index (κ1) is 16.6. The molecule has 1 aliphatic heterocycles. The molecule has 6 nitrogen and oxygen atoms in total. The van der Waals surface area contributed by atoms with E-state index in [0.29, 0.717) is 11.3 Å². The van der Waals surface area contributed by atoms with E-state index in [0.717, 1.165) is 4.90 Å². The third kappa shape index (κ3) is 3.50. The topological polar surface area (TPSA) is 86.7 Å². The van der Waals surface area contributed by atoms with Crippen LogP contribution in [0.15, 0.2) is 48.5 Å². The Morgan fingerprint density at radius 2 is 1.84 bits per heavy atom. The Morgan fingerprint density at radius 3 is 2.48 bits per heavy atom. The summed E-state index contributed by atoms with van der Waals surface area (Å²) in [6.07, 6.45) is -0.174. The monoisotopic (exact) mass is 342 g/mol. The summed E-state index contributed by atoms with van der Waals surface area (Å²) in [6.45, 7) is 0. The van der Waals surface area contributed by atoms with Gasteiger partial charge < -0.3 is 10.4 Å². The number of carboxylic acids is 1. The molecule has 2 N–H and O–H groups in total. The zero-order valence-corrected chi connectivity index (χ0v) is 13.1. The lowest BCUT2D eigenvalue weighted by molar-refractivity contribution is -0.136. The fourth-order valence-corrected chi connectivity index (χ4v) is 2.73. The van der Waals surface area contributed by atoms with Crippen molar-refractivity contribution in [3.05, 3.63) is 59.9 Å². The Kier molecular flexibility index (Phi) is 4.47. The number of carbonyl (C=O) groups is 3. The maximum Gasteiger partial charge on any atom is 0.307 e. The Balaban J connectivity index is 1.74. The number of hydrogen-bond acceptors (Lipinski definition) is 4. The van der Waals surface area contributed by atoms with Crippen molar-refractivity contribution < 1.29 is 23.9 Å². The second-order valence-electron chi connectivity index (χ2n) is 5.69. The fraction of sp³-hybridized carbons (Fsp3) is 0.167.